The number of aliphatic hydroxyl groups excluding tert-OH is 1. The number of rotatable bonds is 9. The number of carbonyl (C=O) groups is 3. The van der Waals surface area contributed by atoms with Gasteiger partial charge in [0, 0.05) is 18.5 Å². The molecule has 37 heavy (non-hydrogen) atoms. The van der Waals surface area contributed by atoms with Gasteiger partial charge in [-0.05, 0) is 65.2 Å². The number of hydrogen-bond donors (Lipinski definition) is 3. The lowest BCUT2D eigenvalue weighted by Gasteiger charge is -2.36. The van der Waals surface area contributed by atoms with Crippen molar-refractivity contribution >= 4 is 17.9 Å². The zero-order chi connectivity index (χ0) is 27.8. The van der Waals surface area contributed by atoms with Gasteiger partial charge < -0.3 is 25.4 Å². The molecule has 0 aliphatic heterocycles. The second-order valence-corrected chi connectivity index (χ2v) is 11.1. The minimum Gasteiger partial charge on any atom is -0.444 e. The summed E-state index contributed by atoms with van der Waals surface area (Å²) in [6.45, 7) is 12.2. The molecule has 2 aromatic rings. The average Bonchev–Trinajstić information content (AvgIpc) is 2.77. The van der Waals surface area contributed by atoms with Crippen molar-refractivity contribution in [3.8, 4) is 0 Å². The third-order valence-corrected chi connectivity index (χ3v) is 5.44. The van der Waals surface area contributed by atoms with Crippen LogP contribution in [-0.4, -0.2) is 58.2 Å². The number of alkyl carbamates (subject to hydrolysis) is 1. The Hall–Kier alpha value is -3.39. The van der Waals surface area contributed by atoms with Gasteiger partial charge in [0.1, 0.15) is 17.7 Å². The molecular formula is C29H41N3O5. The van der Waals surface area contributed by atoms with E-state index in [4.69, 9.17) is 4.74 Å². The predicted molar refractivity (Wildman–Crippen MR) is 144 cm³/mol. The molecule has 0 saturated carbocycles. The average molecular weight is 512 g/mol. The molecule has 0 radical (unpaired) electrons. The largest absolute Gasteiger partial charge is 0.444 e. The van der Waals surface area contributed by atoms with Crippen LogP contribution in [0.1, 0.15) is 64.3 Å². The molecular weight excluding hydrogens is 470 g/mol. The van der Waals surface area contributed by atoms with Gasteiger partial charge in [0.25, 0.3) is 0 Å². The second kappa shape index (κ2) is 12.7. The third kappa shape index (κ3) is 9.53. The summed E-state index contributed by atoms with van der Waals surface area (Å²) in [4.78, 5) is 41.8. The van der Waals surface area contributed by atoms with Crippen molar-refractivity contribution in [1.29, 1.82) is 0 Å². The Morgan fingerprint density at radius 2 is 1.54 bits per heavy atom. The molecule has 8 heteroatoms. The highest BCUT2D eigenvalue weighted by Gasteiger charge is 2.37. The van der Waals surface area contributed by atoms with Crippen LogP contribution in [0.2, 0.25) is 0 Å². The smallest absolute Gasteiger partial charge is 0.408 e. The maximum atomic E-state index is 14.1. The van der Waals surface area contributed by atoms with Crippen molar-refractivity contribution in [2.24, 2.45) is 0 Å². The maximum absolute atomic E-state index is 14.1. The fraction of sp³-hybridized carbons (Fsp3) is 0.483. The SMILES string of the molecule is Cc1ccccc1C(C(=O)NC(C)(C)C)N(CCO)C(=O)C(Cc1ccccc1)NC(=O)OC(C)(C)C. The molecule has 3 N–H and O–H groups in total. The Balaban J connectivity index is 2.54. The molecule has 0 aliphatic rings. The molecule has 0 saturated heterocycles. The van der Waals surface area contributed by atoms with Gasteiger partial charge >= 0.3 is 6.09 Å². The van der Waals surface area contributed by atoms with E-state index in [0.717, 1.165) is 11.1 Å². The van der Waals surface area contributed by atoms with Crippen LogP contribution in [0.3, 0.4) is 0 Å². The minimum atomic E-state index is -1.03. The summed E-state index contributed by atoms with van der Waals surface area (Å²) in [6.07, 6.45) is -0.556. The number of nitrogens with one attached hydrogen (secondary N) is 2. The van der Waals surface area contributed by atoms with Gasteiger partial charge in [-0.1, -0.05) is 54.6 Å². The van der Waals surface area contributed by atoms with Crippen LogP contribution in [-0.2, 0) is 20.7 Å². The lowest BCUT2D eigenvalue weighted by molar-refractivity contribution is -0.143. The monoisotopic (exact) mass is 511 g/mol. The number of carbonyl (C=O) groups excluding carboxylic acids is 3. The molecule has 0 aromatic heterocycles. The maximum Gasteiger partial charge on any atom is 0.408 e. The summed E-state index contributed by atoms with van der Waals surface area (Å²) in [5, 5.41) is 15.6. The summed E-state index contributed by atoms with van der Waals surface area (Å²) in [6, 6.07) is 14.6. The first kappa shape index (κ1) is 29.8. The summed E-state index contributed by atoms with van der Waals surface area (Å²) in [5.41, 5.74) is 0.983. The van der Waals surface area contributed by atoms with E-state index in [1.165, 1.54) is 4.90 Å². The van der Waals surface area contributed by atoms with Gasteiger partial charge in [0.15, 0.2) is 0 Å². The molecule has 2 rings (SSSR count). The van der Waals surface area contributed by atoms with E-state index >= 15 is 0 Å². The van der Waals surface area contributed by atoms with E-state index in [2.05, 4.69) is 10.6 Å². The predicted octanol–water partition coefficient (Wildman–Crippen LogP) is 3.91. The Kier molecular flexibility index (Phi) is 10.3. The first-order chi connectivity index (χ1) is 17.2. The summed E-state index contributed by atoms with van der Waals surface area (Å²) < 4.78 is 5.42. The van der Waals surface area contributed by atoms with Gasteiger partial charge in [-0.3, -0.25) is 9.59 Å². The quantitative estimate of drug-likeness (QED) is 0.473. The Bertz CT molecular complexity index is 1060. The van der Waals surface area contributed by atoms with Crippen LogP contribution in [0.25, 0.3) is 0 Å². The van der Waals surface area contributed by atoms with Crippen molar-refractivity contribution < 1.29 is 24.2 Å². The minimum absolute atomic E-state index is 0.101. The number of aliphatic hydroxyl groups is 1. The van der Waals surface area contributed by atoms with E-state index in [0.29, 0.717) is 5.56 Å². The van der Waals surface area contributed by atoms with Crippen molar-refractivity contribution in [2.45, 2.75) is 78.1 Å². The number of benzene rings is 2. The zero-order valence-electron chi connectivity index (χ0n) is 23.0. The van der Waals surface area contributed by atoms with Gasteiger partial charge in [0.05, 0.1) is 6.61 Å². The Morgan fingerprint density at radius 3 is 2.08 bits per heavy atom. The van der Waals surface area contributed by atoms with Crippen molar-refractivity contribution in [1.82, 2.24) is 15.5 Å². The fourth-order valence-electron chi connectivity index (χ4n) is 3.96. The fourth-order valence-corrected chi connectivity index (χ4v) is 3.96. The highest BCUT2D eigenvalue weighted by atomic mass is 16.6. The van der Waals surface area contributed by atoms with Gasteiger partial charge in [-0.25, -0.2) is 4.79 Å². The molecule has 8 nitrogen and oxygen atoms in total. The van der Waals surface area contributed by atoms with Crippen molar-refractivity contribution in [3.05, 3.63) is 71.3 Å². The highest BCUT2D eigenvalue weighted by molar-refractivity contribution is 5.92. The topological polar surface area (TPSA) is 108 Å². The number of nitrogens with zero attached hydrogens (tertiary/aromatic N) is 1. The molecule has 0 heterocycles. The molecule has 202 valence electrons. The molecule has 2 atom stereocenters. The van der Waals surface area contributed by atoms with E-state index in [1.54, 1.807) is 26.8 Å². The van der Waals surface area contributed by atoms with Crippen molar-refractivity contribution in [2.75, 3.05) is 13.2 Å². The molecule has 0 spiro atoms. The third-order valence-electron chi connectivity index (χ3n) is 5.44. The first-order valence-electron chi connectivity index (χ1n) is 12.5. The van der Waals surface area contributed by atoms with Crippen LogP contribution in [0.5, 0.6) is 0 Å². The lowest BCUT2D eigenvalue weighted by atomic mass is 9.96. The van der Waals surface area contributed by atoms with Gasteiger partial charge in [-0.15, -0.1) is 0 Å². The van der Waals surface area contributed by atoms with E-state index in [1.807, 2.05) is 76.2 Å². The second-order valence-electron chi connectivity index (χ2n) is 11.1. The Labute approximate surface area is 220 Å². The lowest BCUT2D eigenvalue weighted by Crippen LogP contribution is -2.55. The van der Waals surface area contributed by atoms with Crippen LogP contribution in [0.4, 0.5) is 4.79 Å². The molecule has 0 aliphatic carbocycles. The summed E-state index contributed by atoms with van der Waals surface area (Å²) >= 11 is 0. The molecule has 2 aromatic carbocycles. The van der Waals surface area contributed by atoms with E-state index < -0.39 is 35.2 Å². The molecule has 3 amide bonds. The number of amides is 3. The number of hydrogen-bond acceptors (Lipinski definition) is 5. The van der Waals surface area contributed by atoms with Gasteiger partial charge in [-0.2, -0.15) is 0 Å². The van der Waals surface area contributed by atoms with Crippen LogP contribution in [0, 0.1) is 6.92 Å². The number of aryl methyl sites for hydroxylation is 1. The standard InChI is InChI=1S/C29H41N3O5/c1-20-13-11-12-16-22(20)24(25(34)31-28(2,3)4)32(17-18-33)26(35)23(19-21-14-9-8-10-15-21)30-27(36)37-29(5,6)7/h8-16,23-24,33H,17-19H2,1-7H3,(H,30,36)(H,31,34). The Morgan fingerprint density at radius 1 is 0.946 bits per heavy atom. The summed E-state index contributed by atoms with van der Waals surface area (Å²) in [5.74, 6) is -0.875. The molecule has 0 bridgehead atoms. The van der Waals surface area contributed by atoms with Gasteiger partial charge in [0.2, 0.25) is 11.8 Å². The van der Waals surface area contributed by atoms with Crippen molar-refractivity contribution in [3.63, 3.8) is 0 Å². The number of ether oxygens (including phenoxy) is 1. The van der Waals surface area contributed by atoms with Crippen LogP contribution >= 0.6 is 0 Å². The van der Waals surface area contributed by atoms with Crippen LogP contribution in [0.15, 0.2) is 54.6 Å². The first-order valence-corrected chi connectivity index (χ1v) is 12.5. The zero-order valence-corrected chi connectivity index (χ0v) is 23.0. The van der Waals surface area contributed by atoms with Crippen LogP contribution < -0.4 is 10.6 Å². The highest BCUT2D eigenvalue weighted by Crippen LogP contribution is 2.26. The van der Waals surface area contributed by atoms with E-state index in [9.17, 15) is 19.5 Å². The molecule has 2 unspecified atom stereocenters. The van der Waals surface area contributed by atoms with E-state index in [-0.39, 0.29) is 25.5 Å². The normalized spacial score (nSPS) is 13.3. The summed E-state index contributed by atoms with van der Waals surface area (Å²) in [7, 11) is 0. The molecule has 0 fully saturated rings.